The standard InChI is InChI=1S/C33H46N6O6/c1-31(2)14-22-15-32(3,4)20-33(16-22,19-31)37-26(40)18-39-13-9-11-24(30(39)44)36-28(42)23(10-7-8-12-27(41)45-6)35-29(43)25-17-34-21-38(25)5/h8-9,11-13,17,21-23H,7,10,14-16,18-20H2,1-6H3,(H,35,43)(H,36,42)(H,37,40)/b12-8+/t22?,23-,33?/m0/s1. The Morgan fingerprint density at radius 2 is 1.80 bits per heavy atom. The van der Waals surface area contributed by atoms with Crippen LogP contribution >= 0.6 is 0 Å². The Balaban J connectivity index is 1.47. The number of fused-ring (bicyclic) bond motifs is 2. The summed E-state index contributed by atoms with van der Waals surface area (Å²) < 4.78 is 7.39. The van der Waals surface area contributed by atoms with Crippen molar-refractivity contribution in [1.82, 2.24) is 24.8 Å². The van der Waals surface area contributed by atoms with Crippen molar-refractivity contribution in [3.8, 4) is 0 Å². The van der Waals surface area contributed by atoms with Gasteiger partial charge in [-0.05, 0) is 73.8 Å². The lowest BCUT2D eigenvalue weighted by Crippen LogP contribution is -2.60. The molecular weight excluding hydrogens is 576 g/mol. The average Bonchev–Trinajstić information content (AvgIpc) is 3.35. The number of anilines is 1. The molecular formula is C33H46N6O6. The molecule has 2 aliphatic rings. The lowest BCUT2D eigenvalue weighted by molar-refractivity contribution is -0.135. The molecule has 0 unspecified atom stereocenters. The highest BCUT2D eigenvalue weighted by molar-refractivity contribution is 6.00. The number of nitrogens with zero attached hydrogens (tertiary/aromatic N) is 3. The summed E-state index contributed by atoms with van der Waals surface area (Å²) in [6.45, 7) is 8.86. The van der Waals surface area contributed by atoms with Gasteiger partial charge in [0.2, 0.25) is 11.8 Å². The smallest absolute Gasteiger partial charge is 0.330 e. The predicted octanol–water partition coefficient (Wildman–Crippen LogP) is 3.33. The van der Waals surface area contributed by atoms with Crippen molar-refractivity contribution in [3.05, 3.63) is 59.1 Å². The van der Waals surface area contributed by atoms with E-state index in [1.165, 1.54) is 47.1 Å². The van der Waals surface area contributed by atoms with Gasteiger partial charge >= 0.3 is 5.97 Å². The number of esters is 1. The molecule has 12 nitrogen and oxygen atoms in total. The molecule has 2 fully saturated rings. The van der Waals surface area contributed by atoms with E-state index in [2.05, 4.69) is 53.4 Å². The van der Waals surface area contributed by atoms with Crippen LogP contribution < -0.4 is 21.5 Å². The first-order chi connectivity index (χ1) is 21.1. The number of imidazole rings is 1. The Hall–Kier alpha value is -4.22. The van der Waals surface area contributed by atoms with Gasteiger partial charge in [0.05, 0.1) is 19.6 Å². The summed E-state index contributed by atoms with van der Waals surface area (Å²) in [5, 5.41) is 8.65. The normalized spacial score (nSPS) is 22.3. The summed E-state index contributed by atoms with van der Waals surface area (Å²) >= 11 is 0. The van der Waals surface area contributed by atoms with E-state index < -0.39 is 29.4 Å². The van der Waals surface area contributed by atoms with Crippen LogP contribution in [0.4, 0.5) is 5.69 Å². The number of methoxy groups -OCH3 is 1. The molecule has 2 aromatic heterocycles. The maximum atomic E-state index is 13.4. The van der Waals surface area contributed by atoms with Crippen LogP contribution in [-0.2, 0) is 32.7 Å². The maximum Gasteiger partial charge on any atom is 0.330 e. The third kappa shape index (κ3) is 8.70. The number of allylic oxidation sites excluding steroid dienone is 1. The second kappa shape index (κ2) is 13.4. The minimum atomic E-state index is -1.04. The molecule has 0 spiro atoms. The van der Waals surface area contributed by atoms with Crippen molar-refractivity contribution in [2.24, 2.45) is 23.8 Å². The van der Waals surface area contributed by atoms with Gasteiger partial charge in [-0.15, -0.1) is 0 Å². The second-order valence-corrected chi connectivity index (χ2v) is 14.3. The van der Waals surface area contributed by atoms with Crippen molar-refractivity contribution in [2.45, 2.75) is 90.8 Å². The number of amides is 3. The lowest BCUT2D eigenvalue weighted by Gasteiger charge is -2.56. The Bertz CT molecular complexity index is 1500. The van der Waals surface area contributed by atoms with Crippen LogP contribution in [0, 0.1) is 16.7 Å². The zero-order valence-electron chi connectivity index (χ0n) is 27.1. The highest BCUT2D eigenvalue weighted by Gasteiger charge is 2.51. The molecule has 2 heterocycles. The van der Waals surface area contributed by atoms with E-state index >= 15 is 0 Å². The number of aryl methyl sites for hydroxylation is 1. The summed E-state index contributed by atoms with van der Waals surface area (Å²) in [4.78, 5) is 68.5. The number of hydrogen-bond acceptors (Lipinski definition) is 7. The zero-order valence-corrected chi connectivity index (χ0v) is 27.1. The minimum absolute atomic E-state index is 0.0176. The van der Waals surface area contributed by atoms with E-state index in [9.17, 15) is 24.0 Å². The molecule has 3 amide bonds. The fraction of sp³-hybridized carbons (Fsp3) is 0.576. The molecule has 0 radical (unpaired) electrons. The highest BCUT2D eigenvalue weighted by Crippen LogP contribution is 2.55. The molecule has 2 saturated carbocycles. The molecule has 2 aliphatic carbocycles. The molecule has 1 atom stereocenters. The van der Waals surface area contributed by atoms with Crippen LogP contribution in [0.5, 0.6) is 0 Å². The fourth-order valence-corrected chi connectivity index (χ4v) is 7.71. The van der Waals surface area contributed by atoms with Crippen LogP contribution in [0.2, 0.25) is 0 Å². The number of ether oxygens (including phenoxy) is 1. The molecule has 2 aromatic rings. The summed E-state index contributed by atoms with van der Waals surface area (Å²) in [7, 11) is 2.91. The van der Waals surface area contributed by atoms with Crippen LogP contribution in [0.25, 0.3) is 0 Å². The SMILES string of the molecule is COC(=O)/C=C/CC[C@H](NC(=O)c1cncn1C)C(=O)Nc1cccn(CC(=O)NC23CC(CC(C)(C)C2)CC(C)(C)C3)c1=O. The van der Waals surface area contributed by atoms with Crippen molar-refractivity contribution in [2.75, 3.05) is 12.4 Å². The molecule has 12 heteroatoms. The zero-order chi connectivity index (χ0) is 33.0. The predicted molar refractivity (Wildman–Crippen MR) is 169 cm³/mol. The highest BCUT2D eigenvalue weighted by atomic mass is 16.5. The van der Waals surface area contributed by atoms with E-state index in [4.69, 9.17) is 0 Å². The summed E-state index contributed by atoms with van der Waals surface area (Å²) in [5.74, 6) is -1.37. The van der Waals surface area contributed by atoms with Gasteiger partial charge in [0, 0.05) is 24.9 Å². The second-order valence-electron chi connectivity index (χ2n) is 14.3. The van der Waals surface area contributed by atoms with Crippen molar-refractivity contribution < 1.29 is 23.9 Å². The molecule has 0 aromatic carbocycles. The first-order valence-electron chi connectivity index (χ1n) is 15.4. The molecule has 2 bridgehead atoms. The Kier molecular flexibility index (Phi) is 10.0. The van der Waals surface area contributed by atoms with E-state index in [0.29, 0.717) is 5.92 Å². The van der Waals surface area contributed by atoms with Gasteiger partial charge in [0.25, 0.3) is 11.5 Å². The summed E-state index contributed by atoms with van der Waals surface area (Å²) in [5.41, 5.74) is -0.388. The number of pyridine rings is 1. The van der Waals surface area contributed by atoms with Crippen molar-refractivity contribution in [1.29, 1.82) is 0 Å². The molecule has 0 saturated heterocycles. The first-order valence-corrected chi connectivity index (χ1v) is 15.4. The van der Waals surface area contributed by atoms with E-state index in [0.717, 1.165) is 32.1 Å². The number of rotatable bonds is 11. The van der Waals surface area contributed by atoms with E-state index in [1.54, 1.807) is 19.2 Å². The number of hydrogen-bond donors (Lipinski definition) is 3. The molecule has 244 valence electrons. The number of carbonyl (C=O) groups excluding carboxylic acids is 4. The van der Waals surface area contributed by atoms with Gasteiger partial charge in [-0.2, -0.15) is 0 Å². The van der Waals surface area contributed by atoms with Crippen LogP contribution in [0.15, 0.2) is 47.8 Å². The molecule has 3 N–H and O–H groups in total. The van der Waals surface area contributed by atoms with E-state index in [-0.39, 0.29) is 53.0 Å². The Morgan fingerprint density at radius 3 is 2.42 bits per heavy atom. The van der Waals surface area contributed by atoms with Gasteiger partial charge in [0.15, 0.2) is 0 Å². The van der Waals surface area contributed by atoms with Gasteiger partial charge in [-0.25, -0.2) is 9.78 Å². The fourth-order valence-electron chi connectivity index (χ4n) is 7.71. The molecule has 4 rings (SSSR count). The van der Waals surface area contributed by atoms with Crippen LogP contribution in [-0.4, -0.2) is 56.5 Å². The number of nitrogens with one attached hydrogen (secondary N) is 3. The van der Waals surface area contributed by atoms with Crippen molar-refractivity contribution >= 4 is 29.4 Å². The summed E-state index contributed by atoms with van der Waals surface area (Å²) in [6.07, 6.45) is 12.6. The number of carbonyl (C=O) groups is 4. The molecule has 45 heavy (non-hydrogen) atoms. The minimum Gasteiger partial charge on any atom is -0.466 e. The Labute approximate surface area is 264 Å². The first kappa shape index (κ1) is 33.7. The lowest BCUT2D eigenvalue weighted by atomic mass is 9.53. The van der Waals surface area contributed by atoms with Gasteiger partial charge in [-0.3, -0.25) is 19.2 Å². The quantitative estimate of drug-likeness (QED) is 0.257. The van der Waals surface area contributed by atoms with Crippen LogP contribution in [0.1, 0.15) is 83.1 Å². The monoisotopic (exact) mass is 622 g/mol. The van der Waals surface area contributed by atoms with E-state index in [1.807, 2.05) is 0 Å². The largest absolute Gasteiger partial charge is 0.466 e. The Morgan fingerprint density at radius 1 is 1.11 bits per heavy atom. The number of aromatic nitrogens is 3. The molecule has 0 aliphatic heterocycles. The van der Waals surface area contributed by atoms with Crippen LogP contribution in [0.3, 0.4) is 0 Å². The summed E-state index contributed by atoms with van der Waals surface area (Å²) in [6, 6.07) is 2.01. The van der Waals surface area contributed by atoms with Crippen molar-refractivity contribution in [3.63, 3.8) is 0 Å². The van der Waals surface area contributed by atoms with Gasteiger partial charge in [-0.1, -0.05) is 33.8 Å². The third-order valence-corrected chi connectivity index (χ3v) is 8.74. The topological polar surface area (TPSA) is 153 Å². The average molecular weight is 623 g/mol. The van der Waals surface area contributed by atoms with Gasteiger partial charge in [0.1, 0.15) is 24.0 Å². The van der Waals surface area contributed by atoms with Gasteiger partial charge < -0.3 is 29.8 Å². The third-order valence-electron chi connectivity index (χ3n) is 8.74. The maximum absolute atomic E-state index is 13.4.